The van der Waals surface area contributed by atoms with Gasteiger partial charge in [-0.2, -0.15) is 5.10 Å². The van der Waals surface area contributed by atoms with Crippen LogP contribution in [-0.4, -0.2) is 43.1 Å². The summed E-state index contributed by atoms with van der Waals surface area (Å²) in [4.78, 5) is 0. The van der Waals surface area contributed by atoms with Crippen molar-refractivity contribution < 1.29 is 4.74 Å². The Hall–Kier alpha value is -1.69. The zero-order chi connectivity index (χ0) is 14.0. The number of ether oxygens (including phenoxy) is 1. The monoisotopic (exact) mass is 274 g/mol. The van der Waals surface area contributed by atoms with Crippen molar-refractivity contribution in [2.45, 2.75) is 6.54 Å². The summed E-state index contributed by atoms with van der Waals surface area (Å²) in [6.45, 7) is 4.40. The molecule has 1 aromatic heterocycles. The normalized spacial score (nSPS) is 10.8. The number of benzene rings is 1. The van der Waals surface area contributed by atoms with Crippen LogP contribution in [0.2, 0.25) is 0 Å². The smallest absolute Gasteiger partial charge is 0.0648 e. The molecule has 0 aliphatic heterocycles. The van der Waals surface area contributed by atoms with E-state index in [-0.39, 0.29) is 0 Å². The van der Waals surface area contributed by atoms with Crippen LogP contribution in [0.5, 0.6) is 0 Å². The first-order valence-electron chi connectivity index (χ1n) is 6.89. The molecule has 1 aromatic carbocycles. The molecule has 0 saturated carbocycles. The molecule has 0 radical (unpaired) electrons. The Morgan fingerprint density at radius 2 is 2.05 bits per heavy atom. The summed E-state index contributed by atoms with van der Waals surface area (Å²) in [6.07, 6.45) is 3.74. The number of aromatic nitrogens is 2. The Morgan fingerprint density at radius 1 is 1.15 bits per heavy atom. The standard InChI is InChI=1S/C15H22N4O/c1-20-11-9-16-7-8-17-13-14-4-2-5-15(12-14)19-10-3-6-18-19/h2-6,10,12,16-17H,7-9,11,13H2,1H3. The number of rotatable bonds is 9. The second-order valence-electron chi connectivity index (χ2n) is 4.54. The summed E-state index contributed by atoms with van der Waals surface area (Å²) in [5, 5.41) is 11.0. The third-order valence-corrected chi connectivity index (χ3v) is 2.97. The van der Waals surface area contributed by atoms with Gasteiger partial charge in [-0.05, 0) is 23.8 Å². The maximum Gasteiger partial charge on any atom is 0.0648 e. The molecule has 2 aromatic rings. The SMILES string of the molecule is COCCNCCNCc1cccc(-n2cccn2)c1. The molecule has 108 valence electrons. The minimum absolute atomic E-state index is 0.756. The van der Waals surface area contributed by atoms with Gasteiger partial charge in [-0.1, -0.05) is 12.1 Å². The van der Waals surface area contributed by atoms with E-state index in [1.807, 2.05) is 16.9 Å². The van der Waals surface area contributed by atoms with E-state index in [2.05, 4.69) is 40.0 Å². The Bertz CT molecular complexity index is 484. The van der Waals surface area contributed by atoms with Gasteiger partial charge in [0.05, 0.1) is 12.3 Å². The maximum absolute atomic E-state index is 4.98. The zero-order valence-corrected chi connectivity index (χ0v) is 11.9. The fourth-order valence-electron chi connectivity index (χ4n) is 1.94. The fraction of sp³-hybridized carbons (Fsp3) is 0.400. The number of hydrogen-bond donors (Lipinski definition) is 2. The second-order valence-corrected chi connectivity index (χ2v) is 4.54. The lowest BCUT2D eigenvalue weighted by atomic mass is 10.2. The maximum atomic E-state index is 4.98. The molecule has 0 unspecified atom stereocenters. The molecule has 0 saturated heterocycles. The van der Waals surface area contributed by atoms with Crippen molar-refractivity contribution >= 4 is 0 Å². The van der Waals surface area contributed by atoms with Gasteiger partial charge in [0, 0.05) is 45.7 Å². The molecule has 0 spiro atoms. The van der Waals surface area contributed by atoms with Gasteiger partial charge in [0.1, 0.15) is 0 Å². The number of nitrogens with one attached hydrogen (secondary N) is 2. The van der Waals surface area contributed by atoms with Crippen molar-refractivity contribution in [1.82, 2.24) is 20.4 Å². The van der Waals surface area contributed by atoms with Crippen molar-refractivity contribution in [2.75, 3.05) is 33.4 Å². The van der Waals surface area contributed by atoms with Crippen molar-refractivity contribution in [1.29, 1.82) is 0 Å². The largest absolute Gasteiger partial charge is 0.383 e. The van der Waals surface area contributed by atoms with Crippen molar-refractivity contribution in [2.24, 2.45) is 0 Å². The van der Waals surface area contributed by atoms with Gasteiger partial charge in [0.25, 0.3) is 0 Å². The van der Waals surface area contributed by atoms with Crippen LogP contribution >= 0.6 is 0 Å². The van der Waals surface area contributed by atoms with Crippen LogP contribution in [0.25, 0.3) is 5.69 Å². The van der Waals surface area contributed by atoms with E-state index in [0.717, 1.165) is 38.5 Å². The van der Waals surface area contributed by atoms with Gasteiger partial charge in [0.2, 0.25) is 0 Å². The van der Waals surface area contributed by atoms with Crippen LogP contribution in [0.4, 0.5) is 0 Å². The molecule has 2 N–H and O–H groups in total. The van der Waals surface area contributed by atoms with Crippen LogP contribution in [-0.2, 0) is 11.3 Å². The van der Waals surface area contributed by atoms with Gasteiger partial charge in [-0.3, -0.25) is 0 Å². The van der Waals surface area contributed by atoms with Crippen molar-refractivity contribution in [3.63, 3.8) is 0 Å². The Kier molecular flexibility index (Phi) is 6.23. The molecule has 5 nitrogen and oxygen atoms in total. The molecule has 1 heterocycles. The van der Waals surface area contributed by atoms with Crippen molar-refractivity contribution in [3.05, 3.63) is 48.3 Å². The molecule has 5 heteroatoms. The first kappa shape index (κ1) is 14.7. The summed E-state index contributed by atoms with van der Waals surface area (Å²) < 4.78 is 6.85. The zero-order valence-electron chi connectivity index (χ0n) is 11.9. The van der Waals surface area contributed by atoms with E-state index in [9.17, 15) is 0 Å². The van der Waals surface area contributed by atoms with Crippen molar-refractivity contribution in [3.8, 4) is 5.69 Å². The van der Waals surface area contributed by atoms with E-state index in [0.29, 0.717) is 0 Å². The van der Waals surface area contributed by atoms with E-state index in [1.165, 1.54) is 5.56 Å². The Balaban J connectivity index is 1.72. The topological polar surface area (TPSA) is 51.1 Å². The summed E-state index contributed by atoms with van der Waals surface area (Å²) in [5.41, 5.74) is 2.35. The van der Waals surface area contributed by atoms with Gasteiger partial charge in [-0.25, -0.2) is 4.68 Å². The van der Waals surface area contributed by atoms with E-state index in [4.69, 9.17) is 4.74 Å². The highest BCUT2D eigenvalue weighted by Crippen LogP contribution is 2.09. The highest BCUT2D eigenvalue weighted by molar-refractivity contribution is 5.34. The third-order valence-electron chi connectivity index (χ3n) is 2.97. The third kappa shape index (κ3) is 4.77. The minimum atomic E-state index is 0.756. The van der Waals surface area contributed by atoms with E-state index in [1.54, 1.807) is 13.3 Å². The molecular weight excluding hydrogens is 252 g/mol. The summed E-state index contributed by atoms with van der Waals surface area (Å²) in [6, 6.07) is 10.3. The molecule has 0 aliphatic rings. The lowest BCUT2D eigenvalue weighted by molar-refractivity contribution is 0.199. The predicted molar refractivity (Wildman–Crippen MR) is 80.0 cm³/mol. The van der Waals surface area contributed by atoms with Crippen LogP contribution < -0.4 is 10.6 Å². The van der Waals surface area contributed by atoms with Gasteiger partial charge in [-0.15, -0.1) is 0 Å². The van der Waals surface area contributed by atoms with E-state index >= 15 is 0 Å². The number of methoxy groups -OCH3 is 1. The summed E-state index contributed by atoms with van der Waals surface area (Å²) in [5.74, 6) is 0. The lowest BCUT2D eigenvalue weighted by Crippen LogP contribution is -2.29. The minimum Gasteiger partial charge on any atom is -0.383 e. The first-order chi connectivity index (χ1) is 9.90. The molecule has 0 amide bonds. The Morgan fingerprint density at radius 3 is 2.85 bits per heavy atom. The molecular formula is C15H22N4O. The first-order valence-corrected chi connectivity index (χ1v) is 6.89. The highest BCUT2D eigenvalue weighted by Gasteiger charge is 1.98. The fourth-order valence-corrected chi connectivity index (χ4v) is 1.94. The lowest BCUT2D eigenvalue weighted by Gasteiger charge is -2.08. The molecule has 0 atom stereocenters. The molecule has 0 bridgehead atoms. The van der Waals surface area contributed by atoms with Crippen LogP contribution in [0.1, 0.15) is 5.56 Å². The number of nitrogens with zero attached hydrogens (tertiary/aromatic N) is 2. The van der Waals surface area contributed by atoms with Gasteiger partial charge >= 0.3 is 0 Å². The predicted octanol–water partition coefficient (Wildman–Crippen LogP) is 1.20. The number of hydrogen-bond acceptors (Lipinski definition) is 4. The van der Waals surface area contributed by atoms with Gasteiger partial charge < -0.3 is 15.4 Å². The molecule has 0 fully saturated rings. The van der Waals surface area contributed by atoms with E-state index < -0.39 is 0 Å². The average Bonchev–Trinajstić information content (AvgIpc) is 3.01. The van der Waals surface area contributed by atoms with Crippen LogP contribution in [0.15, 0.2) is 42.7 Å². The summed E-state index contributed by atoms with van der Waals surface area (Å²) in [7, 11) is 1.71. The molecule has 2 rings (SSSR count). The Labute approximate surface area is 119 Å². The quantitative estimate of drug-likeness (QED) is 0.675. The average molecular weight is 274 g/mol. The summed E-state index contributed by atoms with van der Waals surface area (Å²) >= 11 is 0. The van der Waals surface area contributed by atoms with Crippen LogP contribution in [0, 0.1) is 0 Å². The molecule has 20 heavy (non-hydrogen) atoms. The molecule has 0 aliphatic carbocycles. The van der Waals surface area contributed by atoms with Gasteiger partial charge in [0.15, 0.2) is 0 Å². The second kappa shape index (κ2) is 8.47. The highest BCUT2D eigenvalue weighted by atomic mass is 16.5. The van der Waals surface area contributed by atoms with Crippen LogP contribution in [0.3, 0.4) is 0 Å².